The molecule has 1 saturated heterocycles. The molecule has 1 fully saturated rings. The van der Waals surface area contributed by atoms with Crippen molar-refractivity contribution in [1.82, 2.24) is 4.90 Å². The number of nitrogens with two attached hydrogens (primary N) is 1. The highest BCUT2D eigenvalue weighted by Crippen LogP contribution is 2.31. The van der Waals surface area contributed by atoms with Gasteiger partial charge < -0.3 is 10.9 Å². The Morgan fingerprint density at radius 3 is 2.63 bits per heavy atom. The van der Waals surface area contributed by atoms with Gasteiger partial charge in [0.15, 0.2) is 0 Å². The number of benzene rings is 1. The maximum atomic E-state index is 13.6. The van der Waals surface area contributed by atoms with Gasteiger partial charge in [-0.3, -0.25) is 4.90 Å². The molecule has 104 valence electrons. The molecule has 1 aliphatic rings. The topological polar surface area (TPSA) is 61.9 Å². The lowest BCUT2D eigenvalue weighted by molar-refractivity contribution is 0.151. The third-order valence-electron chi connectivity index (χ3n) is 4.04. The molecular weight excluding hydrogens is 245 g/mol. The molecule has 1 aromatic rings. The van der Waals surface area contributed by atoms with Gasteiger partial charge in [-0.05, 0) is 32.0 Å². The predicted molar refractivity (Wildman–Crippen MR) is 72.4 cm³/mol. The Hall–Kier alpha value is -1.62. The third-order valence-corrected chi connectivity index (χ3v) is 4.04. The van der Waals surface area contributed by atoms with E-state index in [-0.39, 0.29) is 17.1 Å². The van der Waals surface area contributed by atoms with Crippen LogP contribution in [0, 0.1) is 11.2 Å². The number of hydrogen-bond donors (Lipinski definition) is 2. The normalized spacial score (nSPS) is 20.4. The molecular formula is C14H20FN3O. The van der Waals surface area contributed by atoms with Gasteiger partial charge in [-0.15, -0.1) is 0 Å². The monoisotopic (exact) mass is 265 g/mol. The molecule has 5 heteroatoms. The number of oxime groups is 1. The van der Waals surface area contributed by atoms with Gasteiger partial charge in [-0.25, -0.2) is 4.39 Å². The minimum atomic E-state index is -0.250. The summed E-state index contributed by atoms with van der Waals surface area (Å²) in [5.74, 6) is 0.130. The maximum Gasteiger partial charge on any atom is 0.145 e. The molecule has 0 spiro atoms. The van der Waals surface area contributed by atoms with Crippen LogP contribution in [0.4, 0.5) is 4.39 Å². The van der Waals surface area contributed by atoms with E-state index in [9.17, 15) is 4.39 Å². The maximum absolute atomic E-state index is 13.6. The van der Waals surface area contributed by atoms with Gasteiger partial charge >= 0.3 is 0 Å². The molecule has 0 aromatic heterocycles. The highest BCUT2D eigenvalue weighted by Gasteiger charge is 2.34. The van der Waals surface area contributed by atoms with Gasteiger partial charge in [-0.2, -0.15) is 0 Å². The Balaban J connectivity index is 1.96. The van der Waals surface area contributed by atoms with Crippen molar-refractivity contribution < 1.29 is 9.60 Å². The Morgan fingerprint density at radius 1 is 1.42 bits per heavy atom. The molecule has 1 aliphatic heterocycles. The van der Waals surface area contributed by atoms with Crippen LogP contribution < -0.4 is 5.73 Å². The lowest BCUT2D eigenvalue weighted by atomic mass is 9.79. The van der Waals surface area contributed by atoms with E-state index in [1.807, 2.05) is 19.1 Å². The molecule has 3 N–H and O–H groups in total. The summed E-state index contributed by atoms with van der Waals surface area (Å²) in [4.78, 5) is 2.20. The quantitative estimate of drug-likeness (QED) is 0.381. The van der Waals surface area contributed by atoms with Crippen molar-refractivity contribution in [3.05, 3.63) is 35.6 Å². The summed E-state index contributed by atoms with van der Waals surface area (Å²) < 4.78 is 13.6. The molecule has 2 rings (SSSR count). The van der Waals surface area contributed by atoms with E-state index in [0.29, 0.717) is 6.54 Å². The zero-order valence-electron chi connectivity index (χ0n) is 11.1. The van der Waals surface area contributed by atoms with E-state index in [1.54, 1.807) is 6.07 Å². The summed E-state index contributed by atoms with van der Waals surface area (Å²) in [5.41, 5.74) is 6.19. The van der Waals surface area contributed by atoms with Crippen molar-refractivity contribution in [2.45, 2.75) is 26.3 Å². The van der Waals surface area contributed by atoms with Crippen molar-refractivity contribution >= 4 is 5.84 Å². The van der Waals surface area contributed by atoms with Crippen molar-refractivity contribution in [2.75, 3.05) is 13.1 Å². The third kappa shape index (κ3) is 3.04. The number of piperidine rings is 1. The van der Waals surface area contributed by atoms with E-state index in [1.165, 1.54) is 6.07 Å². The van der Waals surface area contributed by atoms with Gasteiger partial charge in [0, 0.05) is 17.5 Å². The van der Waals surface area contributed by atoms with Gasteiger partial charge in [0.2, 0.25) is 0 Å². The second-order valence-corrected chi connectivity index (χ2v) is 5.41. The molecule has 0 amide bonds. The summed E-state index contributed by atoms with van der Waals surface area (Å²) in [6, 6.07) is 6.85. The molecule has 1 heterocycles. The van der Waals surface area contributed by atoms with E-state index in [2.05, 4.69) is 10.1 Å². The molecule has 1 aromatic carbocycles. The Morgan fingerprint density at radius 2 is 2.05 bits per heavy atom. The van der Waals surface area contributed by atoms with Crippen molar-refractivity contribution in [3.63, 3.8) is 0 Å². The molecule has 0 aliphatic carbocycles. The fourth-order valence-corrected chi connectivity index (χ4v) is 2.45. The van der Waals surface area contributed by atoms with Crippen LogP contribution >= 0.6 is 0 Å². The number of rotatable bonds is 3. The van der Waals surface area contributed by atoms with Gasteiger partial charge in [0.25, 0.3) is 0 Å². The van der Waals surface area contributed by atoms with E-state index in [4.69, 9.17) is 10.9 Å². The predicted octanol–water partition coefficient (Wildman–Crippen LogP) is 2.17. The van der Waals surface area contributed by atoms with Crippen molar-refractivity contribution in [1.29, 1.82) is 0 Å². The molecule has 0 radical (unpaired) electrons. The number of likely N-dealkylation sites (tertiary alicyclic amines) is 1. The molecule has 4 nitrogen and oxygen atoms in total. The SMILES string of the molecule is CC1(/C(N)=N/O)CCN(Cc2ccccc2F)CC1. The number of amidine groups is 1. The molecule has 0 unspecified atom stereocenters. The summed E-state index contributed by atoms with van der Waals surface area (Å²) in [6.07, 6.45) is 1.63. The van der Waals surface area contributed by atoms with Crippen LogP contribution in [-0.4, -0.2) is 29.0 Å². The van der Waals surface area contributed by atoms with E-state index < -0.39 is 0 Å². The average molecular weight is 265 g/mol. The van der Waals surface area contributed by atoms with Crippen LogP contribution in [-0.2, 0) is 6.54 Å². The summed E-state index contributed by atoms with van der Waals surface area (Å²) >= 11 is 0. The highest BCUT2D eigenvalue weighted by molar-refractivity contribution is 5.85. The zero-order valence-corrected chi connectivity index (χ0v) is 11.1. The standard InChI is InChI=1S/C14H20FN3O/c1-14(13(16)17-19)6-8-18(9-7-14)10-11-4-2-3-5-12(11)15/h2-5,19H,6-10H2,1H3,(H2,16,17). The van der Waals surface area contributed by atoms with Crippen LogP contribution in [0.3, 0.4) is 0 Å². The molecule has 0 bridgehead atoms. The first-order valence-electron chi connectivity index (χ1n) is 6.49. The lowest BCUT2D eigenvalue weighted by Gasteiger charge is -2.38. The number of nitrogens with zero attached hydrogens (tertiary/aromatic N) is 2. The van der Waals surface area contributed by atoms with Crippen LogP contribution in [0.25, 0.3) is 0 Å². The average Bonchev–Trinajstić information content (AvgIpc) is 2.43. The Labute approximate surface area is 112 Å². The number of hydrogen-bond acceptors (Lipinski definition) is 3. The fourth-order valence-electron chi connectivity index (χ4n) is 2.45. The first kappa shape index (κ1) is 13.8. The largest absolute Gasteiger partial charge is 0.409 e. The second kappa shape index (κ2) is 5.57. The first-order valence-corrected chi connectivity index (χ1v) is 6.49. The van der Waals surface area contributed by atoms with E-state index in [0.717, 1.165) is 31.5 Å². The zero-order chi connectivity index (χ0) is 13.9. The van der Waals surface area contributed by atoms with E-state index >= 15 is 0 Å². The number of halogens is 1. The van der Waals surface area contributed by atoms with Crippen LogP contribution in [0.1, 0.15) is 25.3 Å². The lowest BCUT2D eigenvalue weighted by Crippen LogP contribution is -2.45. The molecule has 0 atom stereocenters. The Kier molecular flexibility index (Phi) is 4.04. The van der Waals surface area contributed by atoms with Crippen molar-refractivity contribution in [2.24, 2.45) is 16.3 Å². The fraction of sp³-hybridized carbons (Fsp3) is 0.500. The minimum Gasteiger partial charge on any atom is -0.409 e. The second-order valence-electron chi connectivity index (χ2n) is 5.41. The van der Waals surface area contributed by atoms with Crippen molar-refractivity contribution in [3.8, 4) is 0 Å². The van der Waals surface area contributed by atoms with Crippen LogP contribution in [0.5, 0.6) is 0 Å². The van der Waals surface area contributed by atoms with Gasteiger partial charge in [0.05, 0.1) is 0 Å². The van der Waals surface area contributed by atoms with Gasteiger partial charge in [-0.1, -0.05) is 30.3 Å². The molecule has 19 heavy (non-hydrogen) atoms. The van der Waals surface area contributed by atoms with Crippen LogP contribution in [0.2, 0.25) is 0 Å². The van der Waals surface area contributed by atoms with Crippen LogP contribution in [0.15, 0.2) is 29.4 Å². The summed E-state index contributed by atoms with van der Waals surface area (Å²) in [5, 5.41) is 11.9. The van der Waals surface area contributed by atoms with Gasteiger partial charge in [0.1, 0.15) is 11.7 Å². The molecule has 0 saturated carbocycles. The summed E-state index contributed by atoms with van der Waals surface area (Å²) in [7, 11) is 0. The first-order chi connectivity index (χ1) is 9.05. The Bertz CT molecular complexity index is 468. The minimum absolute atomic E-state index is 0.160. The summed E-state index contributed by atoms with van der Waals surface area (Å²) in [6.45, 7) is 4.25. The highest BCUT2D eigenvalue weighted by atomic mass is 19.1. The smallest absolute Gasteiger partial charge is 0.145 e.